The number of sulfone groups is 1. The van der Waals surface area contributed by atoms with E-state index in [2.05, 4.69) is 29.5 Å². The molecule has 7 heteroatoms. The van der Waals surface area contributed by atoms with Crippen LogP contribution in [0.2, 0.25) is 0 Å². The summed E-state index contributed by atoms with van der Waals surface area (Å²) in [5, 5.41) is 6.29. The van der Waals surface area contributed by atoms with Gasteiger partial charge in [0.15, 0.2) is 5.96 Å². The second kappa shape index (κ2) is 12.7. The minimum atomic E-state index is -2.92. The van der Waals surface area contributed by atoms with Crippen LogP contribution in [0.4, 0.5) is 0 Å². The normalized spacial score (nSPS) is 13.5. The number of hydrogen-bond acceptors (Lipinski definition) is 3. The van der Waals surface area contributed by atoms with Crippen molar-refractivity contribution >= 4 is 39.8 Å². The van der Waals surface area contributed by atoms with Gasteiger partial charge < -0.3 is 10.6 Å². The van der Waals surface area contributed by atoms with Crippen LogP contribution in [0.1, 0.15) is 46.0 Å². The Morgan fingerprint density at radius 2 is 1.90 bits per heavy atom. The molecule has 0 aromatic heterocycles. The van der Waals surface area contributed by atoms with E-state index in [-0.39, 0.29) is 29.7 Å². The van der Waals surface area contributed by atoms with Crippen LogP contribution in [0.25, 0.3) is 0 Å². The van der Waals surface area contributed by atoms with Crippen LogP contribution in [-0.4, -0.2) is 46.0 Å². The van der Waals surface area contributed by atoms with Gasteiger partial charge in [-0.05, 0) is 13.3 Å². The fraction of sp³-hybridized carbons (Fsp3) is 0.923. The van der Waals surface area contributed by atoms with Gasteiger partial charge in [0.25, 0.3) is 0 Å². The number of aliphatic imine (C=N–C) groups is 1. The molecule has 0 aromatic rings. The van der Waals surface area contributed by atoms with Gasteiger partial charge >= 0.3 is 0 Å². The van der Waals surface area contributed by atoms with Crippen LogP contribution in [0.3, 0.4) is 0 Å². The summed E-state index contributed by atoms with van der Waals surface area (Å²) in [5.41, 5.74) is 0. The second-order valence-corrected chi connectivity index (χ2v) is 7.28. The number of hydrogen-bond donors (Lipinski definition) is 2. The molecule has 0 rings (SSSR count). The SMILES string of the molecule is CCCCCCC(C)NC(=NC)NCCS(C)(=O)=O.I. The highest BCUT2D eigenvalue weighted by molar-refractivity contribution is 14.0. The van der Waals surface area contributed by atoms with E-state index in [1.807, 2.05) is 0 Å². The fourth-order valence-electron chi connectivity index (χ4n) is 1.73. The molecule has 20 heavy (non-hydrogen) atoms. The van der Waals surface area contributed by atoms with E-state index in [1.165, 1.54) is 31.9 Å². The Labute approximate surface area is 141 Å². The summed E-state index contributed by atoms with van der Waals surface area (Å²) in [6.07, 6.45) is 7.35. The van der Waals surface area contributed by atoms with Crippen molar-refractivity contribution in [1.29, 1.82) is 0 Å². The molecule has 0 saturated heterocycles. The highest BCUT2D eigenvalue weighted by atomic mass is 127. The third-order valence-electron chi connectivity index (χ3n) is 2.86. The number of nitrogens with one attached hydrogen (secondary N) is 2. The molecule has 122 valence electrons. The van der Waals surface area contributed by atoms with Gasteiger partial charge in [0, 0.05) is 25.9 Å². The maximum absolute atomic E-state index is 11.0. The summed E-state index contributed by atoms with van der Waals surface area (Å²) in [6, 6.07) is 0.348. The Balaban J connectivity index is 0. The number of unbranched alkanes of at least 4 members (excludes halogenated alkanes) is 3. The first kappa shape index (κ1) is 22.2. The van der Waals surface area contributed by atoms with Crippen molar-refractivity contribution in [2.45, 2.75) is 52.0 Å². The van der Waals surface area contributed by atoms with Crippen molar-refractivity contribution < 1.29 is 8.42 Å². The molecule has 1 unspecified atom stereocenters. The fourth-order valence-corrected chi connectivity index (χ4v) is 2.21. The van der Waals surface area contributed by atoms with Gasteiger partial charge in [-0.2, -0.15) is 0 Å². The summed E-state index contributed by atoms with van der Waals surface area (Å²) in [6.45, 7) is 4.71. The van der Waals surface area contributed by atoms with Gasteiger partial charge in [0.2, 0.25) is 0 Å². The summed E-state index contributed by atoms with van der Waals surface area (Å²) in [5.74, 6) is 0.796. The Morgan fingerprint density at radius 3 is 2.40 bits per heavy atom. The van der Waals surface area contributed by atoms with E-state index >= 15 is 0 Å². The molecule has 0 aliphatic heterocycles. The second-order valence-electron chi connectivity index (χ2n) is 5.02. The van der Waals surface area contributed by atoms with Crippen LogP contribution >= 0.6 is 24.0 Å². The maximum Gasteiger partial charge on any atom is 0.191 e. The van der Waals surface area contributed by atoms with E-state index in [1.54, 1.807) is 7.05 Å². The van der Waals surface area contributed by atoms with E-state index in [0.717, 1.165) is 6.42 Å². The molecule has 0 bridgehead atoms. The smallest absolute Gasteiger partial charge is 0.191 e. The zero-order valence-corrected chi connectivity index (χ0v) is 16.3. The summed E-state index contributed by atoms with van der Waals surface area (Å²) < 4.78 is 22.1. The molecule has 0 aliphatic rings. The van der Waals surface area contributed by atoms with Gasteiger partial charge in [0.05, 0.1) is 5.75 Å². The number of halogens is 1. The van der Waals surface area contributed by atoms with Gasteiger partial charge in [-0.3, -0.25) is 4.99 Å². The van der Waals surface area contributed by atoms with Gasteiger partial charge in [-0.1, -0.05) is 32.6 Å². The van der Waals surface area contributed by atoms with Gasteiger partial charge in [-0.15, -0.1) is 24.0 Å². The third kappa shape index (κ3) is 14.4. The molecule has 0 aromatic carbocycles. The van der Waals surface area contributed by atoms with E-state index in [9.17, 15) is 8.42 Å². The first-order chi connectivity index (χ1) is 8.89. The first-order valence-electron chi connectivity index (χ1n) is 7.04. The summed E-state index contributed by atoms with van der Waals surface area (Å²) in [7, 11) is -1.23. The van der Waals surface area contributed by atoms with Crippen molar-refractivity contribution in [1.82, 2.24) is 10.6 Å². The quantitative estimate of drug-likeness (QED) is 0.260. The zero-order chi connectivity index (χ0) is 14.7. The monoisotopic (exact) mass is 419 g/mol. The van der Waals surface area contributed by atoms with Crippen LogP contribution in [0.5, 0.6) is 0 Å². The van der Waals surface area contributed by atoms with E-state index in [4.69, 9.17) is 0 Å². The Hall–Kier alpha value is -0.0500. The molecule has 1 atom stereocenters. The standard InChI is InChI=1S/C13H29N3O2S.HI/c1-5-6-7-8-9-12(2)16-13(14-3)15-10-11-19(4,17)18;/h12H,5-11H2,1-4H3,(H2,14,15,16);1H. The molecule has 0 saturated carbocycles. The lowest BCUT2D eigenvalue weighted by atomic mass is 10.1. The summed E-state index contributed by atoms with van der Waals surface area (Å²) in [4.78, 5) is 4.09. The van der Waals surface area contributed by atoms with Gasteiger partial charge in [0.1, 0.15) is 9.84 Å². The number of guanidine groups is 1. The lowest BCUT2D eigenvalue weighted by molar-refractivity contribution is 0.537. The molecule has 0 radical (unpaired) electrons. The molecule has 0 amide bonds. The topological polar surface area (TPSA) is 70.6 Å². The Bertz CT molecular complexity index is 359. The van der Waals surface area contributed by atoms with Crippen LogP contribution < -0.4 is 10.6 Å². The average molecular weight is 419 g/mol. The molecule has 0 fully saturated rings. The maximum atomic E-state index is 11.0. The van der Waals surface area contributed by atoms with Crippen molar-refractivity contribution in [2.75, 3.05) is 25.6 Å². The van der Waals surface area contributed by atoms with Crippen LogP contribution in [0.15, 0.2) is 4.99 Å². The van der Waals surface area contributed by atoms with E-state index < -0.39 is 9.84 Å². The Morgan fingerprint density at radius 1 is 1.25 bits per heavy atom. The molecule has 0 spiro atoms. The third-order valence-corrected chi connectivity index (χ3v) is 3.81. The lowest BCUT2D eigenvalue weighted by Crippen LogP contribution is -2.43. The number of nitrogens with zero attached hydrogens (tertiary/aromatic N) is 1. The lowest BCUT2D eigenvalue weighted by Gasteiger charge is -2.17. The predicted octanol–water partition coefficient (Wildman–Crippen LogP) is 2.17. The summed E-state index contributed by atoms with van der Waals surface area (Å²) >= 11 is 0. The van der Waals surface area contributed by atoms with Gasteiger partial charge in [-0.25, -0.2) is 8.42 Å². The Kier molecular flexibility index (Phi) is 14.1. The number of rotatable bonds is 9. The van der Waals surface area contributed by atoms with Crippen molar-refractivity contribution in [3.8, 4) is 0 Å². The van der Waals surface area contributed by atoms with Crippen LogP contribution in [-0.2, 0) is 9.84 Å². The first-order valence-corrected chi connectivity index (χ1v) is 9.10. The minimum absolute atomic E-state index is 0. The molecule has 5 nitrogen and oxygen atoms in total. The highest BCUT2D eigenvalue weighted by Crippen LogP contribution is 2.04. The molecular formula is C13H30IN3O2S. The molecule has 0 aliphatic carbocycles. The van der Waals surface area contributed by atoms with Crippen molar-refractivity contribution in [2.24, 2.45) is 4.99 Å². The molecule has 0 heterocycles. The molecule has 2 N–H and O–H groups in total. The van der Waals surface area contributed by atoms with Crippen LogP contribution in [0, 0.1) is 0 Å². The average Bonchev–Trinajstić information content (AvgIpc) is 2.32. The molecular weight excluding hydrogens is 389 g/mol. The highest BCUT2D eigenvalue weighted by Gasteiger charge is 2.06. The minimum Gasteiger partial charge on any atom is -0.355 e. The van der Waals surface area contributed by atoms with Crippen molar-refractivity contribution in [3.63, 3.8) is 0 Å². The largest absolute Gasteiger partial charge is 0.355 e. The predicted molar refractivity (Wildman–Crippen MR) is 97.8 cm³/mol. The van der Waals surface area contributed by atoms with Crippen molar-refractivity contribution in [3.05, 3.63) is 0 Å². The zero-order valence-electron chi connectivity index (χ0n) is 13.1. The van der Waals surface area contributed by atoms with E-state index in [0.29, 0.717) is 18.5 Å².